The minimum Gasteiger partial charge on any atom is -0.393 e. The topological polar surface area (TPSA) is 88.2 Å². The predicted molar refractivity (Wildman–Crippen MR) is 124 cm³/mol. The molecule has 0 spiro atoms. The van der Waals surface area contributed by atoms with Crippen LogP contribution in [0.15, 0.2) is 24.3 Å². The SMILES string of the molecule is CN(C)c1ccc(CN[C@@H]2C[C@@H]3C(=O)NC[C@@H](CCC(=O)N4CCC(O)CC4)N3C2)cc1. The Morgan fingerprint density at radius 1 is 1.22 bits per heavy atom. The summed E-state index contributed by atoms with van der Waals surface area (Å²) in [4.78, 5) is 31.4. The van der Waals surface area contributed by atoms with Crippen LogP contribution in [0, 0.1) is 0 Å². The van der Waals surface area contributed by atoms with Crippen molar-refractivity contribution in [1.29, 1.82) is 0 Å². The van der Waals surface area contributed by atoms with Crippen molar-refractivity contribution in [3.8, 4) is 0 Å². The highest BCUT2D eigenvalue weighted by molar-refractivity contribution is 5.83. The van der Waals surface area contributed by atoms with Gasteiger partial charge in [-0.25, -0.2) is 0 Å². The zero-order valence-electron chi connectivity index (χ0n) is 19.3. The molecular formula is C24H37N5O3. The number of aliphatic hydroxyl groups is 1. The molecule has 3 heterocycles. The molecule has 32 heavy (non-hydrogen) atoms. The molecule has 0 aliphatic carbocycles. The van der Waals surface area contributed by atoms with Gasteiger partial charge < -0.3 is 25.5 Å². The first-order chi connectivity index (χ1) is 15.4. The van der Waals surface area contributed by atoms with Crippen LogP contribution in [0.3, 0.4) is 0 Å². The Kier molecular flexibility index (Phi) is 7.33. The van der Waals surface area contributed by atoms with Gasteiger partial charge in [-0.3, -0.25) is 14.5 Å². The van der Waals surface area contributed by atoms with E-state index < -0.39 is 0 Å². The quantitative estimate of drug-likeness (QED) is 0.570. The molecule has 1 aromatic carbocycles. The third-order valence-corrected chi connectivity index (χ3v) is 7.18. The summed E-state index contributed by atoms with van der Waals surface area (Å²) in [6.45, 7) is 3.53. The first-order valence-corrected chi connectivity index (χ1v) is 11.9. The van der Waals surface area contributed by atoms with Gasteiger partial charge in [-0.2, -0.15) is 0 Å². The number of carbonyl (C=O) groups excluding carboxylic acids is 2. The van der Waals surface area contributed by atoms with Crippen LogP contribution in [0.2, 0.25) is 0 Å². The van der Waals surface area contributed by atoms with Gasteiger partial charge in [0.25, 0.3) is 0 Å². The average molecular weight is 444 g/mol. The van der Waals surface area contributed by atoms with E-state index >= 15 is 0 Å². The number of amides is 2. The molecule has 176 valence electrons. The summed E-state index contributed by atoms with van der Waals surface area (Å²) in [5.74, 6) is 0.276. The fourth-order valence-corrected chi connectivity index (χ4v) is 5.13. The molecule has 4 rings (SSSR count). The number of piperazine rings is 1. The molecule has 0 saturated carbocycles. The van der Waals surface area contributed by atoms with Crippen molar-refractivity contribution < 1.29 is 14.7 Å². The van der Waals surface area contributed by atoms with E-state index in [1.54, 1.807) is 0 Å². The van der Waals surface area contributed by atoms with Gasteiger partial charge in [-0.05, 0) is 43.4 Å². The summed E-state index contributed by atoms with van der Waals surface area (Å²) in [6.07, 6.45) is 3.13. The number of hydrogen-bond donors (Lipinski definition) is 3. The van der Waals surface area contributed by atoms with Crippen molar-refractivity contribution in [3.63, 3.8) is 0 Å². The van der Waals surface area contributed by atoms with Crippen molar-refractivity contribution in [2.45, 2.75) is 62.9 Å². The van der Waals surface area contributed by atoms with Gasteiger partial charge in [-0.1, -0.05) is 12.1 Å². The minimum atomic E-state index is -0.270. The monoisotopic (exact) mass is 443 g/mol. The predicted octanol–water partition coefficient (Wildman–Crippen LogP) is 0.547. The Labute approximate surface area is 190 Å². The normalized spacial score (nSPS) is 26.7. The summed E-state index contributed by atoms with van der Waals surface area (Å²) in [7, 11) is 4.07. The Balaban J connectivity index is 1.27. The maximum absolute atomic E-state index is 12.6. The molecule has 3 saturated heterocycles. The second-order valence-electron chi connectivity index (χ2n) is 9.64. The molecule has 8 heteroatoms. The molecule has 3 N–H and O–H groups in total. The number of aliphatic hydroxyl groups excluding tert-OH is 1. The number of nitrogens with zero attached hydrogens (tertiary/aromatic N) is 3. The number of hydrogen-bond acceptors (Lipinski definition) is 6. The Bertz CT molecular complexity index is 791. The van der Waals surface area contributed by atoms with Crippen molar-refractivity contribution >= 4 is 17.5 Å². The average Bonchev–Trinajstić information content (AvgIpc) is 3.23. The van der Waals surface area contributed by atoms with Crippen molar-refractivity contribution in [2.24, 2.45) is 0 Å². The van der Waals surface area contributed by atoms with Crippen LogP contribution in [-0.4, -0.2) is 91.2 Å². The van der Waals surface area contributed by atoms with E-state index in [-0.39, 0.29) is 36.0 Å². The van der Waals surface area contributed by atoms with Crippen LogP contribution in [-0.2, 0) is 16.1 Å². The third kappa shape index (κ3) is 5.42. The molecule has 3 fully saturated rings. The number of piperidine rings is 1. The molecular weight excluding hydrogens is 406 g/mol. The van der Waals surface area contributed by atoms with Gasteiger partial charge in [0, 0.05) is 71.0 Å². The minimum absolute atomic E-state index is 0.109. The van der Waals surface area contributed by atoms with E-state index in [0.717, 1.165) is 25.9 Å². The third-order valence-electron chi connectivity index (χ3n) is 7.18. The number of carbonyl (C=O) groups is 2. The van der Waals surface area contributed by atoms with Crippen LogP contribution in [0.4, 0.5) is 5.69 Å². The van der Waals surface area contributed by atoms with Crippen LogP contribution >= 0.6 is 0 Å². The standard InChI is InChI=1S/C24H37N5O3/c1-27(2)19-5-3-17(4-6-19)14-25-18-13-22-24(32)26-15-20(29(22)16-18)7-8-23(31)28-11-9-21(30)10-12-28/h3-6,18,20-22,25,30H,7-16H2,1-2H3,(H,26,32)/t18-,20-,22-/m1/s1. The fourth-order valence-electron chi connectivity index (χ4n) is 5.13. The molecule has 2 amide bonds. The molecule has 3 aliphatic rings. The maximum Gasteiger partial charge on any atom is 0.237 e. The second-order valence-corrected chi connectivity index (χ2v) is 9.64. The molecule has 1 aromatic rings. The van der Waals surface area contributed by atoms with Gasteiger partial charge in [0.05, 0.1) is 12.1 Å². The summed E-state index contributed by atoms with van der Waals surface area (Å²) in [5.41, 5.74) is 2.42. The van der Waals surface area contributed by atoms with E-state index in [9.17, 15) is 14.7 Å². The highest BCUT2D eigenvalue weighted by Crippen LogP contribution is 2.26. The highest BCUT2D eigenvalue weighted by atomic mass is 16.3. The molecule has 0 aromatic heterocycles. The van der Waals surface area contributed by atoms with Crippen LogP contribution < -0.4 is 15.5 Å². The van der Waals surface area contributed by atoms with E-state index in [0.29, 0.717) is 38.9 Å². The molecule has 8 nitrogen and oxygen atoms in total. The lowest BCUT2D eigenvalue weighted by Gasteiger charge is -2.37. The molecule has 0 unspecified atom stereocenters. The maximum atomic E-state index is 12.6. The highest BCUT2D eigenvalue weighted by Gasteiger charge is 2.43. The zero-order chi connectivity index (χ0) is 22.7. The van der Waals surface area contributed by atoms with Gasteiger partial charge in [0.1, 0.15) is 0 Å². The summed E-state index contributed by atoms with van der Waals surface area (Å²) < 4.78 is 0. The molecule has 0 bridgehead atoms. The lowest BCUT2D eigenvalue weighted by Crippen LogP contribution is -2.58. The molecule has 3 atom stereocenters. The van der Waals surface area contributed by atoms with Crippen molar-refractivity contribution in [1.82, 2.24) is 20.4 Å². The van der Waals surface area contributed by atoms with Gasteiger partial charge in [0.15, 0.2) is 0 Å². The van der Waals surface area contributed by atoms with Crippen LogP contribution in [0.1, 0.15) is 37.7 Å². The smallest absolute Gasteiger partial charge is 0.237 e. The van der Waals surface area contributed by atoms with E-state index in [2.05, 4.69) is 44.7 Å². The van der Waals surface area contributed by atoms with E-state index in [4.69, 9.17) is 0 Å². The number of rotatable bonds is 7. The lowest BCUT2D eigenvalue weighted by molar-refractivity contribution is -0.134. The number of nitrogens with one attached hydrogen (secondary N) is 2. The second kappa shape index (κ2) is 10.2. The Morgan fingerprint density at radius 2 is 1.94 bits per heavy atom. The lowest BCUT2D eigenvalue weighted by atomic mass is 10.0. The number of benzene rings is 1. The van der Waals surface area contributed by atoms with Crippen LogP contribution in [0.25, 0.3) is 0 Å². The van der Waals surface area contributed by atoms with E-state index in [1.807, 2.05) is 19.0 Å². The first-order valence-electron chi connectivity index (χ1n) is 11.9. The number of anilines is 1. The van der Waals surface area contributed by atoms with Gasteiger partial charge >= 0.3 is 0 Å². The fraction of sp³-hybridized carbons (Fsp3) is 0.667. The summed E-state index contributed by atoms with van der Waals surface area (Å²) in [6, 6.07) is 8.89. The largest absolute Gasteiger partial charge is 0.393 e. The molecule has 3 aliphatic heterocycles. The first kappa shape index (κ1) is 23.0. The van der Waals surface area contributed by atoms with Gasteiger partial charge in [0.2, 0.25) is 11.8 Å². The Hall–Kier alpha value is -2.16. The summed E-state index contributed by atoms with van der Waals surface area (Å²) >= 11 is 0. The zero-order valence-corrected chi connectivity index (χ0v) is 19.3. The van der Waals surface area contributed by atoms with Crippen molar-refractivity contribution in [2.75, 3.05) is 45.2 Å². The van der Waals surface area contributed by atoms with Gasteiger partial charge in [-0.15, -0.1) is 0 Å². The number of fused-ring (bicyclic) bond motifs is 1. The van der Waals surface area contributed by atoms with E-state index in [1.165, 1.54) is 11.3 Å². The summed E-state index contributed by atoms with van der Waals surface area (Å²) in [5, 5.41) is 16.3. The number of likely N-dealkylation sites (tertiary alicyclic amines) is 1. The van der Waals surface area contributed by atoms with Crippen LogP contribution in [0.5, 0.6) is 0 Å². The van der Waals surface area contributed by atoms with Crippen molar-refractivity contribution in [3.05, 3.63) is 29.8 Å². The Morgan fingerprint density at radius 3 is 2.62 bits per heavy atom. The molecule has 0 radical (unpaired) electrons.